The van der Waals surface area contributed by atoms with Crippen LogP contribution in [0.2, 0.25) is 0 Å². The van der Waals surface area contributed by atoms with E-state index in [0.29, 0.717) is 13.2 Å². The fourth-order valence-corrected chi connectivity index (χ4v) is 2.19. The number of nitrogens with zero attached hydrogens (tertiary/aromatic N) is 1. The molecule has 0 atom stereocenters. The molecule has 0 aromatic heterocycles. The summed E-state index contributed by atoms with van der Waals surface area (Å²) in [5, 5.41) is 0. The normalized spacial score (nSPS) is 10.7. The van der Waals surface area contributed by atoms with Gasteiger partial charge in [0.1, 0.15) is 5.75 Å². The van der Waals surface area contributed by atoms with Crippen molar-refractivity contribution in [2.45, 2.75) is 19.9 Å². The van der Waals surface area contributed by atoms with Crippen molar-refractivity contribution in [3.63, 3.8) is 0 Å². The Bertz CT molecular complexity index is 650. The fraction of sp³-hybridized carbons (Fsp3) is 0.250. The Hall–Kier alpha value is -2.55. The smallest absolute Gasteiger partial charge is 0.246 e. The molecule has 2 aromatic rings. The molecule has 2 aromatic carbocycles. The van der Waals surface area contributed by atoms with Crippen LogP contribution in [0, 0.1) is 0 Å². The standard InChI is InChI=1S/C20H23NO2/c1-3-15-23-19-12-8-7-11-18(19)13-14-20(22)21(2)16-17-9-5-4-6-10-17/h4-14H,3,15-16H2,1-2H3/b14-13+. The number of likely N-dealkylation sites (N-methyl/N-ethyl adjacent to an activating group) is 1. The van der Waals surface area contributed by atoms with E-state index >= 15 is 0 Å². The number of hydrogen-bond donors (Lipinski definition) is 0. The summed E-state index contributed by atoms with van der Waals surface area (Å²) in [6, 6.07) is 17.7. The van der Waals surface area contributed by atoms with Crippen LogP contribution in [-0.2, 0) is 11.3 Å². The number of para-hydroxylation sites is 1. The molecule has 23 heavy (non-hydrogen) atoms. The summed E-state index contributed by atoms with van der Waals surface area (Å²) in [6.07, 6.45) is 4.36. The molecule has 0 aliphatic carbocycles. The Kier molecular flexibility index (Phi) is 6.42. The summed E-state index contributed by atoms with van der Waals surface area (Å²) in [4.78, 5) is 13.9. The molecule has 0 spiro atoms. The second-order valence-corrected chi connectivity index (χ2v) is 5.40. The van der Waals surface area contributed by atoms with Gasteiger partial charge < -0.3 is 9.64 Å². The molecule has 0 bridgehead atoms. The number of ether oxygens (including phenoxy) is 1. The molecule has 0 aliphatic rings. The maximum absolute atomic E-state index is 12.2. The van der Waals surface area contributed by atoms with Crippen LogP contribution in [0.4, 0.5) is 0 Å². The van der Waals surface area contributed by atoms with E-state index in [9.17, 15) is 4.79 Å². The van der Waals surface area contributed by atoms with Gasteiger partial charge in [0.2, 0.25) is 5.91 Å². The minimum Gasteiger partial charge on any atom is -0.493 e. The molecule has 0 saturated heterocycles. The van der Waals surface area contributed by atoms with E-state index in [0.717, 1.165) is 23.3 Å². The molecule has 0 radical (unpaired) electrons. The number of rotatable bonds is 7. The summed E-state index contributed by atoms with van der Waals surface area (Å²) in [5.41, 5.74) is 2.03. The van der Waals surface area contributed by atoms with Crippen LogP contribution < -0.4 is 4.74 Å². The maximum Gasteiger partial charge on any atom is 0.246 e. The zero-order valence-electron chi connectivity index (χ0n) is 13.7. The molecule has 0 heterocycles. The van der Waals surface area contributed by atoms with Crippen LogP contribution in [-0.4, -0.2) is 24.5 Å². The van der Waals surface area contributed by atoms with Crippen molar-refractivity contribution in [1.82, 2.24) is 4.90 Å². The van der Waals surface area contributed by atoms with E-state index in [1.807, 2.05) is 60.7 Å². The lowest BCUT2D eigenvalue weighted by atomic mass is 10.2. The van der Waals surface area contributed by atoms with Gasteiger partial charge >= 0.3 is 0 Å². The van der Waals surface area contributed by atoms with E-state index in [4.69, 9.17) is 4.74 Å². The van der Waals surface area contributed by atoms with Gasteiger partial charge in [-0.15, -0.1) is 0 Å². The van der Waals surface area contributed by atoms with Gasteiger partial charge in [-0.1, -0.05) is 55.5 Å². The molecular weight excluding hydrogens is 286 g/mol. The van der Waals surface area contributed by atoms with Gasteiger partial charge in [0.05, 0.1) is 6.61 Å². The second-order valence-electron chi connectivity index (χ2n) is 5.40. The van der Waals surface area contributed by atoms with Crippen LogP contribution in [0.3, 0.4) is 0 Å². The van der Waals surface area contributed by atoms with Gasteiger partial charge in [-0.2, -0.15) is 0 Å². The van der Waals surface area contributed by atoms with E-state index in [1.165, 1.54) is 0 Å². The Balaban J connectivity index is 2.00. The lowest BCUT2D eigenvalue weighted by Crippen LogP contribution is -2.24. The second kappa shape index (κ2) is 8.79. The number of hydrogen-bond acceptors (Lipinski definition) is 2. The largest absolute Gasteiger partial charge is 0.493 e. The molecule has 1 amide bonds. The number of carbonyl (C=O) groups excluding carboxylic acids is 1. The summed E-state index contributed by atoms with van der Waals surface area (Å²) < 4.78 is 5.70. The lowest BCUT2D eigenvalue weighted by Gasteiger charge is -2.15. The van der Waals surface area contributed by atoms with Gasteiger partial charge in [0.15, 0.2) is 0 Å². The Labute approximate surface area is 138 Å². The van der Waals surface area contributed by atoms with Gasteiger partial charge in [-0.25, -0.2) is 0 Å². The SMILES string of the molecule is CCCOc1ccccc1/C=C/C(=O)N(C)Cc1ccccc1. The van der Waals surface area contributed by atoms with Gasteiger partial charge in [-0.05, 0) is 24.1 Å². The van der Waals surface area contributed by atoms with Crippen molar-refractivity contribution in [1.29, 1.82) is 0 Å². The van der Waals surface area contributed by atoms with Crippen LogP contribution in [0.1, 0.15) is 24.5 Å². The van der Waals surface area contributed by atoms with Crippen molar-refractivity contribution < 1.29 is 9.53 Å². The lowest BCUT2D eigenvalue weighted by molar-refractivity contribution is -0.125. The fourth-order valence-electron chi connectivity index (χ4n) is 2.19. The monoisotopic (exact) mass is 309 g/mol. The van der Waals surface area contributed by atoms with Gasteiger partial charge in [0.25, 0.3) is 0 Å². The van der Waals surface area contributed by atoms with Crippen LogP contribution in [0.5, 0.6) is 5.75 Å². The first-order valence-electron chi connectivity index (χ1n) is 7.89. The van der Waals surface area contributed by atoms with Crippen molar-refractivity contribution in [3.05, 3.63) is 71.8 Å². The average molecular weight is 309 g/mol. The highest BCUT2D eigenvalue weighted by atomic mass is 16.5. The van der Waals surface area contributed by atoms with E-state index in [1.54, 1.807) is 18.0 Å². The number of carbonyl (C=O) groups is 1. The van der Waals surface area contributed by atoms with Gasteiger partial charge in [0, 0.05) is 25.2 Å². The molecule has 3 heteroatoms. The molecule has 0 aliphatic heterocycles. The minimum absolute atomic E-state index is 0.0286. The van der Waals surface area contributed by atoms with E-state index < -0.39 is 0 Å². The number of amides is 1. The highest BCUT2D eigenvalue weighted by Crippen LogP contribution is 2.19. The first kappa shape index (κ1) is 16.8. The van der Waals surface area contributed by atoms with Crippen molar-refractivity contribution in [2.75, 3.05) is 13.7 Å². The Morgan fingerprint density at radius 1 is 1.09 bits per heavy atom. The third-order valence-corrected chi connectivity index (χ3v) is 3.42. The Morgan fingerprint density at radius 2 is 1.78 bits per heavy atom. The first-order valence-corrected chi connectivity index (χ1v) is 7.89. The van der Waals surface area contributed by atoms with E-state index in [2.05, 4.69) is 6.92 Å². The molecule has 3 nitrogen and oxygen atoms in total. The minimum atomic E-state index is -0.0286. The summed E-state index contributed by atoms with van der Waals surface area (Å²) >= 11 is 0. The summed E-state index contributed by atoms with van der Waals surface area (Å²) in [5.74, 6) is 0.781. The third-order valence-electron chi connectivity index (χ3n) is 3.42. The highest BCUT2D eigenvalue weighted by molar-refractivity contribution is 5.92. The van der Waals surface area contributed by atoms with Crippen LogP contribution >= 0.6 is 0 Å². The van der Waals surface area contributed by atoms with E-state index in [-0.39, 0.29) is 5.91 Å². The summed E-state index contributed by atoms with van der Waals surface area (Å²) in [7, 11) is 1.80. The maximum atomic E-state index is 12.2. The predicted molar refractivity (Wildman–Crippen MR) is 94.2 cm³/mol. The highest BCUT2D eigenvalue weighted by Gasteiger charge is 2.06. The molecule has 0 N–H and O–H groups in total. The van der Waals surface area contributed by atoms with Crippen molar-refractivity contribution in [2.24, 2.45) is 0 Å². The van der Waals surface area contributed by atoms with Gasteiger partial charge in [-0.3, -0.25) is 4.79 Å². The predicted octanol–water partition coefficient (Wildman–Crippen LogP) is 4.15. The molecular formula is C20H23NO2. The summed E-state index contributed by atoms with van der Waals surface area (Å²) in [6.45, 7) is 3.34. The molecule has 0 unspecified atom stereocenters. The Morgan fingerprint density at radius 3 is 2.52 bits per heavy atom. The molecule has 2 rings (SSSR count). The quantitative estimate of drug-likeness (QED) is 0.719. The average Bonchev–Trinajstić information content (AvgIpc) is 2.59. The zero-order valence-corrected chi connectivity index (χ0v) is 13.7. The zero-order chi connectivity index (χ0) is 16.5. The first-order chi connectivity index (χ1) is 11.2. The molecule has 0 saturated carbocycles. The van der Waals surface area contributed by atoms with Crippen LogP contribution in [0.15, 0.2) is 60.7 Å². The number of benzene rings is 2. The third kappa shape index (κ3) is 5.29. The molecule has 0 fully saturated rings. The van der Waals surface area contributed by atoms with Crippen molar-refractivity contribution in [3.8, 4) is 5.75 Å². The van der Waals surface area contributed by atoms with Crippen molar-refractivity contribution >= 4 is 12.0 Å². The molecule has 120 valence electrons. The van der Waals surface area contributed by atoms with Crippen LogP contribution in [0.25, 0.3) is 6.08 Å². The topological polar surface area (TPSA) is 29.5 Å².